The Kier molecular flexibility index (Phi) is 6.40. The number of sulfone groups is 1. The second-order valence-corrected chi connectivity index (χ2v) is 10.3. The molecule has 0 saturated carbocycles. The Bertz CT molecular complexity index is 1190. The van der Waals surface area contributed by atoms with Crippen molar-refractivity contribution in [2.24, 2.45) is 0 Å². The first kappa shape index (κ1) is 22.2. The van der Waals surface area contributed by atoms with Crippen LogP contribution in [0.15, 0.2) is 54.9 Å². The number of fused-ring (bicyclic) bond motifs is 1. The Hall–Kier alpha value is -3.01. The minimum absolute atomic E-state index is 0.0120. The molecule has 3 aromatic rings. The fourth-order valence-electron chi connectivity index (χ4n) is 3.88. The van der Waals surface area contributed by atoms with Gasteiger partial charge in [-0.1, -0.05) is 18.2 Å². The lowest BCUT2D eigenvalue weighted by molar-refractivity contribution is 0.0830. The second kappa shape index (κ2) is 9.23. The molecule has 0 aliphatic carbocycles. The smallest absolute Gasteiger partial charge is 0.180 e. The van der Waals surface area contributed by atoms with E-state index in [1.807, 2.05) is 54.3 Å². The van der Waals surface area contributed by atoms with E-state index in [2.05, 4.69) is 20.6 Å². The molecule has 32 heavy (non-hydrogen) atoms. The number of Topliss-reactive ketones (excluding diaryl/α,β-unsaturated/α-hetero) is 1. The number of nitrogens with one attached hydrogen (secondary N) is 3. The lowest BCUT2D eigenvalue weighted by Crippen LogP contribution is -2.48. The molecule has 1 aromatic carbocycles. The highest BCUT2D eigenvalue weighted by molar-refractivity contribution is 7.90. The molecule has 168 valence electrons. The highest BCUT2D eigenvalue weighted by Gasteiger charge is 2.32. The third-order valence-electron chi connectivity index (χ3n) is 5.54. The van der Waals surface area contributed by atoms with E-state index in [4.69, 9.17) is 0 Å². The van der Waals surface area contributed by atoms with Crippen LogP contribution in [-0.2, 0) is 16.4 Å². The van der Waals surface area contributed by atoms with Crippen molar-refractivity contribution in [3.05, 3.63) is 66.1 Å². The highest BCUT2D eigenvalue weighted by Crippen LogP contribution is 2.37. The number of para-hydroxylation sites is 1. The molecule has 1 atom stereocenters. The Morgan fingerprint density at radius 3 is 2.53 bits per heavy atom. The molecule has 1 aliphatic rings. The van der Waals surface area contributed by atoms with Crippen LogP contribution >= 0.6 is 0 Å². The van der Waals surface area contributed by atoms with Crippen molar-refractivity contribution in [2.75, 3.05) is 30.4 Å². The van der Waals surface area contributed by atoms with E-state index < -0.39 is 9.84 Å². The van der Waals surface area contributed by atoms with Crippen LogP contribution in [0.5, 0.6) is 0 Å². The number of hydrogen-bond donors (Lipinski definition) is 3. The fourth-order valence-corrected chi connectivity index (χ4v) is 4.37. The van der Waals surface area contributed by atoms with Gasteiger partial charge in [0.25, 0.3) is 0 Å². The summed E-state index contributed by atoms with van der Waals surface area (Å²) in [5.41, 5.74) is 4.94. The molecule has 8 nitrogen and oxygen atoms in total. The standard InChI is InChI=1S/C23H27N5O3S/c1-16(25-12-13-32(2,30)31)28-14-19-21(20(29)15-28)23(26-18-6-4-3-5-7-18)22(27-19)17-8-10-24-11-9-17/h3-11,16,25-27H,12-15H2,1-2H3. The SMILES string of the molecule is CC(NCCS(C)(=O)=O)N1CC(=O)c2c([nH]c(-c3ccncc3)c2Nc2ccccc2)C1. The monoisotopic (exact) mass is 453 g/mol. The van der Waals surface area contributed by atoms with Gasteiger partial charge in [-0.25, -0.2) is 8.42 Å². The Morgan fingerprint density at radius 1 is 1.12 bits per heavy atom. The van der Waals surface area contributed by atoms with Crippen LogP contribution in [0.4, 0.5) is 11.4 Å². The quantitative estimate of drug-likeness (QED) is 0.481. The average molecular weight is 454 g/mol. The molecule has 0 radical (unpaired) electrons. The second-order valence-electron chi connectivity index (χ2n) is 8.04. The number of nitrogens with zero attached hydrogens (tertiary/aromatic N) is 2. The van der Waals surface area contributed by atoms with E-state index in [1.165, 1.54) is 6.26 Å². The first-order chi connectivity index (χ1) is 15.3. The zero-order chi connectivity index (χ0) is 22.7. The van der Waals surface area contributed by atoms with Crippen molar-refractivity contribution in [3.8, 4) is 11.3 Å². The fraction of sp³-hybridized carbons (Fsp3) is 0.304. The third kappa shape index (κ3) is 5.07. The summed E-state index contributed by atoms with van der Waals surface area (Å²) in [5, 5.41) is 6.64. The van der Waals surface area contributed by atoms with Gasteiger partial charge in [-0.2, -0.15) is 0 Å². The normalized spacial score (nSPS) is 15.4. The maximum absolute atomic E-state index is 13.3. The number of aromatic amines is 1. The number of anilines is 2. The van der Waals surface area contributed by atoms with Crippen molar-refractivity contribution in [1.82, 2.24) is 20.2 Å². The Morgan fingerprint density at radius 2 is 1.84 bits per heavy atom. The summed E-state index contributed by atoms with van der Waals surface area (Å²) in [6.07, 6.45) is 4.52. The first-order valence-corrected chi connectivity index (χ1v) is 12.5. The molecule has 0 fully saturated rings. The van der Waals surface area contributed by atoms with Gasteiger partial charge in [0.1, 0.15) is 9.84 Å². The van der Waals surface area contributed by atoms with Gasteiger partial charge < -0.3 is 15.6 Å². The van der Waals surface area contributed by atoms with E-state index in [1.54, 1.807) is 12.4 Å². The molecule has 0 bridgehead atoms. The third-order valence-corrected chi connectivity index (χ3v) is 6.48. The maximum Gasteiger partial charge on any atom is 0.180 e. The van der Waals surface area contributed by atoms with Crippen molar-refractivity contribution in [3.63, 3.8) is 0 Å². The number of H-pyrrole nitrogens is 1. The number of pyridine rings is 1. The van der Waals surface area contributed by atoms with Crippen LogP contribution < -0.4 is 10.6 Å². The molecule has 0 spiro atoms. The molecule has 1 aliphatic heterocycles. The summed E-state index contributed by atoms with van der Waals surface area (Å²) in [6.45, 7) is 3.07. The van der Waals surface area contributed by atoms with Crippen molar-refractivity contribution >= 4 is 27.0 Å². The van der Waals surface area contributed by atoms with Crippen LogP contribution in [0.1, 0.15) is 23.0 Å². The van der Waals surface area contributed by atoms with Crippen LogP contribution in [0.3, 0.4) is 0 Å². The van der Waals surface area contributed by atoms with E-state index in [-0.39, 0.29) is 24.2 Å². The first-order valence-electron chi connectivity index (χ1n) is 10.5. The molecule has 0 saturated heterocycles. The molecular weight excluding hydrogens is 426 g/mol. The number of hydrogen-bond acceptors (Lipinski definition) is 7. The molecular formula is C23H27N5O3S. The summed E-state index contributed by atoms with van der Waals surface area (Å²) in [5.74, 6) is 0.0718. The van der Waals surface area contributed by atoms with Crippen LogP contribution in [0.25, 0.3) is 11.3 Å². The van der Waals surface area contributed by atoms with Gasteiger partial charge >= 0.3 is 0 Å². The Balaban J connectivity index is 1.63. The van der Waals surface area contributed by atoms with Crippen molar-refractivity contribution in [1.29, 1.82) is 0 Å². The average Bonchev–Trinajstić information content (AvgIpc) is 3.13. The van der Waals surface area contributed by atoms with Gasteiger partial charge in [0.15, 0.2) is 5.78 Å². The molecule has 2 aromatic heterocycles. The molecule has 9 heteroatoms. The van der Waals surface area contributed by atoms with E-state index >= 15 is 0 Å². The number of carbonyl (C=O) groups excluding carboxylic acids is 1. The number of aromatic nitrogens is 2. The van der Waals surface area contributed by atoms with Crippen molar-refractivity contribution < 1.29 is 13.2 Å². The van der Waals surface area contributed by atoms with Crippen molar-refractivity contribution in [2.45, 2.75) is 19.6 Å². The molecule has 3 N–H and O–H groups in total. The minimum Gasteiger partial charge on any atom is -0.355 e. The summed E-state index contributed by atoms with van der Waals surface area (Å²) in [7, 11) is -3.04. The van der Waals surface area contributed by atoms with E-state index in [0.717, 1.165) is 28.3 Å². The van der Waals surface area contributed by atoms with Gasteiger partial charge in [-0.05, 0) is 31.2 Å². The summed E-state index contributed by atoms with van der Waals surface area (Å²) in [6, 6.07) is 13.6. The molecule has 4 rings (SSSR count). The Labute approximate surface area is 188 Å². The number of carbonyl (C=O) groups is 1. The highest BCUT2D eigenvalue weighted by atomic mass is 32.2. The van der Waals surface area contributed by atoms with Gasteiger partial charge in [-0.3, -0.25) is 14.7 Å². The summed E-state index contributed by atoms with van der Waals surface area (Å²) < 4.78 is 22.8. The van der Waals surface area contributed by atoms with E-state index in [9.17, 15) is 13.2 Å². The number of benzene rings is 1. The largest absolute Gasteiger partial charge is 0.355 e. The zero-order valence-corrected chi connectivity index (χ0v) is 18.9. The maximum atomic E-state index is 13.3. The molecule has 0 amide bonds. The van der Waals surface area contributed by atoms with Crippen LogP contribution in [-0.4, -0.2) is 60.3 Å². The molecule has 3 heterocycles. The lowest BCUT2D eigenvalue weighted by Gasteiger charge is -2.32. The predicted octanol–water partition coefficient (Wildman–Crippen LogP) is 2.80. The van der Waals surface area contributed by atoms with Crippen LogP contribution in [0.2, 0.25) is 0 Å². The van der Waals surface area contributed by atoms with Crippen LogP contribution in [0, 0.1) is 0 Å². The van der Waals surface area contributed by atoms with Gasteiger partial charge in [0.05, 0.1) is 35.4 Å². The van der Waals surface area contributed by atoms with Gasteiger partial charge in [0, 0.05) is 48.7 Å². The van der Waals surface area contributed by atoms with E-state index in [0.29, 0.717) is 18.7 Å². The minimum atomic E-state index is -3.04. The molecule has 1 unspecified atom stereocenters. The van der Waals surface area contributed by atoms with Gasteiger partial charge in [-0.15, -0.1) is 0 Å². The summed E-state index contributed by atoms with van der Waals surface area (Å²) in [4.78, 5) is 22.8. The predicted molar refractivity (Wildman–Crippen MR) is 126 cm³/mol. The summed E-state index contributed by atoms with van der Waals surface area (Å²) >= 11 is 0. The zero-order valence-electron chi connectivity index (χ0n) is 18.1. The number of ketones is 1. The lowest BCUT2D eigenvalue weighted by atomic mass is 10.0. The van der Waals surface area contributed by atoms with Gasteiger partial charge in [0.2, 0.25) is 0 Å². The topological polar surface area (TPSA) is 107 Å². The number of rotatable bonds is 8.